The Morgan fingerprint density at radius 2 is 1.82 bits per heavy atom. The fraction of sp³-hybridized carbons (Fsp3) is 0.348. The molecule has 0 aromatic heterocycles. The Hall–Kier alpha value is -2.51. The van der Waals surface area contributed by atoms with E-state index in [4.69, 9.17) is 9.47 Å². The molecule has 11 heteroatoms. The maximum absolute atomic E-state index is 12.8. The first-order valence-electron chi connectivity index (χ1n) is 10.4. The van der Waals surface area contributed by atoms with Crippen LogP contribution in [0.4, 0.5) is 0 Å². The Morgan fingerprint density at radius 3 is 2.38 bits per heavy atom. The number of ether oxygens (including phenoxy) is 2. The topological polar surface area (TPSA) is 123 Å². The number of nitrogens with one attached hydrogen (secondary N) is 2. The summed E-state index contributed by atoms with van der Waals surface area (Å²) in [6, 6.07) is 8.66. The van der Waals surface area contributed by atoms with Gasteiger partial charge in [-0.15, -0.1) is 0 Å². The maximum atomic E-state index is 12.8. The van der Waals surface area contributed by atoms with Gasteiger partial charge in [0.2, 0.25) is 10.0 Å². The molecule has 0 bridgehead atoms. The minimum atomic E-state index is -3.90. The molecule has 0 unspecified atom stereocenters. The molecule has 2 rings (SSSR count). The van der Waals surface area contributed by atoms with Gasteiger partial charge in [-0.05, 0) is 71.7 Å². The zero-order valence-electron chi connectivity index (χ0n) is 19.6. The van der Waals surface area contributed by atoms with E-state index in [2.05, 4.69) is 15.2 Å². The van der Waals surface area contributed by atoms with Crippen LogP contribution in [0.25, 0.3) is 0 Å². The molecule has 1 amide bonds. The third kappa shape index (κ3) is 8.06. The highest BCUT2D eigenvalue weighted by atomic mass is 127. The van der Waals surface area contributed by atoms with Crippen molar-refractivity contribution >= 4 is 50.7 Å². The normalized spacial score (nSPS) is 12.6. The van der Waals surface area contributed by atoms with Gasteiger partial charge in [-0.25, -0.2) is 13.8 Å². The second-order valence-corrected chi connectivity index (χ2v) is 10.9. The highest BCUT2D eigenvalue weighted by Gasteiger charge is 2.26. The number of halogens is 1. The summed E-state index contributed by atoms with van der Waals surface area (Å²) in [5.74, 6) is -0.383. The lowest BCUT2D eigenvalue weighted by Crippen LogP contribution is -2.46. The number of rotatable bonds is 10. The van der Waals surface area contributed by atoms with Gasteiger partial charge in [0.15, 0.2) is 11.5 Å². The number of hydrazone groups is 1. The molecule has 0 fully saturated rings. The van der Waals surface area contributed by atoms with E-state index in [0.717, 1.165) is 5.56 Å². The van der Waals surface area contributed by atoms with Crippen LogP contribution in [0.3, 0.4) is 0 Å². The smallest absolute Gasteiger partial charge is 0.308 e. The van der Waals surface area contributed by atoms with Gasteiger partial charge in [0.1, 0.15) is 6.04 Å². The molecule has 184 valence electrons. The van der Waals surface area contributed by atoms with Crippen LogP contribution in [0.2, 0.25) is 0 Å². The van der Waals surface area contributed by atoms with Gasteiger partial charge < -0.3 is 9.47 Å². The number of aryl methyl sites for hydroxylation is 1. The van der Waals surface area contributed by atoms with E-state index in [1.54, 1.807) is 24.3 Å². The maximum Gasteiger partial charge on any atom is 0.308 e. The summed E-state index contributed by atoms with van der Waals surface area (Å²) in [5.41, 5.74) is 3.91. The van der Waals surface area contributed by atoms with Crippen LogP contribution in [0.1, 0.15) is 38.3 Å². The SMILES string of the molecule is COc1cc(/C=N\NC(=O)[C@@H](CC(C)C)NS(=O)(=O)c2ccc(C)cc2)cc(I)c1OC(C)=O. The Morgan fingerprint density at radius 1 is 1.18 bits per heavy atom. The Labute approximate surface area is 213 Å². The van der Waals surface area contributed by atoms with Crippen LogP contribution < -0.4 is 19.6 Å². The first kappa shape index (κ1) is 27.7. The third-order valence-electron chi connectivity index (χ3n) is 4.54. The molecule has 0 aliphatic carbocycles. The number of benzene rings is 2. The summed E-state index contributed by atoms with van der Waals surface area (Å²) in [5, 5.41) is 3.97. The third-order valence-corrected chi connectivity index (χ3v) is 6.83. The van der Waals surface area contributed by atoms with Crippen LogP contribution in [-0.4, -0.2) is 39.7 Å². The number of sulfonamides is 1. The van der Waals surface area contributed by atoms with Gasteiger partial charge in [0.25, 0.3) is 5.91 Å². The minimum Gasteiger partial charge on any atom is -0.493 e. The van der Waals surface area contributed by atoms with Crippen molar-refractivity contribution in [2.75, 3.05) is 7.11 Å². The van der Waals surface area contributed by atoms with Crippen LogP contribution in [0.5, 0.6) is 11.5 Å². The van der Waals surface area contributed by atoms with Gasteiger partial charge in [-0.3, -0.25) is 9.59 Å². The Balaban J connectivity index is 2.17. The van der Waals surface area contributed by atoms with Gasteiger partial charge in [0.05, 0.1) is 21.8 Å². The zero-order valence-corrected chi connectivity index (χ0v) is 22.6. The molecular weight excluding hydrogens is 573 g/mol. The minimum absolute atomic E-state index is 0.0557. The second kappa shape index (κ2) is 12.3. The lowest BCUT2D eigenvalue weighted by Gasteiger charge is -2.19. The lowest BCUT2D eigenvalue weighted by atomic mass is 10.0. The summed E-state index contributed by atoms with van der Waals surface area (Å²) in [4.78, 5) is 24.1. The van der Waals surface area contributed by atoms with Crippen molar-refractivity contribution in [3.05, 3.63) is 51.1 Å². The quantitative estimate of drug-likeness (QED) is 0.142. The van der Waals surface area contributed by atoms with Crippen molar-refractivity contribution < 1.29 is 27.5 Å². The van der Waals surface area contributed by atoms with E-state index >= 15 is 0 Å². The molecule has 9 nitrogen and oxygen atoms in total. The van der Waals surface area contributed by atoms with E-state index in [1.807, 2.05) is 43.4 Å². The predicted octanol–water partition coefficient (Wildman–Crippen LogP) is 3.38. The first-order chi connectivity index (χ1) is 15.9. The largest absolute Gasteiger partial charge is 0.493 e. The molecule has 34 heavy (non-hydrogen) atoms. The molecule has 2 N–H and O–H groups in total. The number of nitrogens with zero attached hydrogens (tertiary/aromatic N) is 1. The highest BCUT2D eigenvalue weighted by Crippen LogP contribution is 2.33. The number of hydrogen-bond donors (Lipinski definition) is 2. The van der Waals surface area contributed by atoms with E-state index in [0.29, 0.717) is 20.6 Å². The molecule has 2 aromatic carbocycles. The van der Waals surface area contributed by atoms with Crippen LogP contribution in [0, 0.1) is 16.4 Å². The summed E-state index contributed by atoms with van der Waals surface area (Å²) in [6.07, 6.45) is 1.68. The predicted molar refractivity (Wildman–Crippen MR) is 138 cm³/mol. The summed E-state index contributed by atoms with van der Waals surface area (Å²) >= 11 is 2.00. The molecule has 0 heterocycles. The summed E-state index contributed by atoms with van der Waals surface area (Å²) in [7, 11) is -2.45. The van der Waals surface area contributed by atoms with Crippen LogP contribution in [-0.2, 0) is 19.6 Å². The van der Waals surface area contributed by atoms with Gasteiger partial charge in [-0.1, -0.05) is 31.5 Å². The van der Waals surface area contributed by atoms with Crippen molar-refractivity contribution in [3.63, 3.8) is 0 Å². The average Bonchev–Trinajstić information content (AvgIpc) is 2.74. The van der Waals surface area contributed by atoms with Crippen molar-refractivity contribution in [2.45, 2.75) is 45.1 Å². The molecular formula is C23H28IN3O6S. The van der Waals surface area contributed by atoms with Crippen molar-refractivity contribution in [1.29, 1.82) is 0 Å². The molecule has 0 spiro atoms. The van der Waals surface area contributed by atoms with E-state index in [1.165, 1.54) is 32.4 Å². The fourth-order valence-corrected chi connectivity index (χ4v) is 4.90. The average molecular weight is 601 g/mol. The molecule has 0 radical (unpaired) electrons. The summed E-state index contributed by atoms with van der Waals surface area (Å²) < 4.78 is 39.1. The van der Waals surface area contributed by atoms with Gasteiger partial charge >= 0.3 is 5.97 Å². The molecule has 0 aliphatic rings. The molecule has 0 saturated heterocycles. The van der Waals surface area contributed by atoms with Crippen molar-refractivity contribution in [2.24, 2.45) is 11.0 Å². The number of methoxy groups -OCH3 is 1. The molecule has 0 aliphatic heterocycles. The number of amides is 1. The van der Waals surface area contributed by atoms with Gasteiger partial charge in [-0.2, -0.15) is 9.82 Å². The number of esters is 1. The molecule has 0 saturated carbocycles. The molecule has 1 atom stereocenters. The van der Waals surface area contributed by atoms with E-state index < -0.39 is 27.9 Å². The van der Waals surface area contributed by atoms with Crippen molar-refractivity contribution in [3.8, 4) is 11.5 Å². The van der Waals surface area contributed by atoms with Crippen molar-refractivity contribution in [1.82, 2.24) is 10.1 Å². The number of carbonyl (C=O) groups excluding carboxylic acids is 2. The Kier molecular flexibility index (Phi) is 10.0. The molecule has 2 aromatic rings. The monoisotopic (exact) mass is 601 g/mol. The fourth-order valence-electron chi connectivity index (χ4n) is 2.96. The second-order valence-electron chi connectivity index (χ2n) is 7.98. The van der Waals surface area contributed by atoms with E-state index in [9.17, 15) is 18.0 Å². The lowest BCUT2D eigenvalue weighted by molar-refractivity contribution is -0.132. The standard InChI is InChI=1S/C23H28IN3O6S/c1-14(2)10-20(27-34(30,31)18-8-6-15(3)7-9-18)23(29)26-25-13-17-11-19(24)22(33-16(4)28)21(12-17)32-5/h6-9,11-14,20,27H,10H2,1-5H3,(H,26,29)/b25-13-/t20-/m1/s1. The first-order valence-corrected chi connectivity index (χ1v) is 13.0. The summed E-state index contributed by atoms with van der Waals surface area (Å²) in [6.45, 7) is 6.93. The van der Waals surface area contributed by atoms with Crippen LogP contribution >= 0.6 is 22.6 Å². The Bertz CT molecular complexity index is 1160. The number of hydrogen-bond acceptors (Lipinski definition) is 7. The number of carbonyl (C=O) groups is 2. The highest BCUT2D eigenvalue weighted by molar-refractivity contribution is 14.1. The zero-order chi connectivity index (χ0) is 25.5. The van der Waals surface area contributed by atoms with Crippen LogP contribution in [0.15, 0.2) is 46.4 Å². The van der Waals surface area contributed by atoms with E-state index in [-0.39, 0.29) is 17.2 Å². The van der Waals surface area contributed by atoms with Gasteiger partial charge in [0, 0.05) is 6.92 Å².